The van der Waals surface area contributed by atoms with E-state index < -0.39 is 22.2 Å². The number of benzene rings is 2. The van der Waals surface area contributed by atoms with E-state index in [1.807, 2.05) is 37.3 Å². The molecule has 0 saturated carbocycles. The summed E-state index contributed by atoms with van der Waals surface area (Å²) >= 11 is 0. The van der Waals surface area contributed by atoms with Crippen LogP contribution in [0.25, 0.3) is 0 Å². The van der Waals surface area contributed by atoms with Crippen LogP contribution in [0.15, 0.2) is 72.1 Å². The van der Waals surface area contributed by atoms with Crippen LogP contribution in [0.1, 0.15) is 11.1 Å². The van der Waals surface area contributed by atoms with E-state index >= 15 is 0 Å². The van der Waals surface area contributed by atoms with Gasteiger partial charge in [0.05, 0.1) is 17.5 Å². The van der Waals surface area contributed by atoms with E-state index in [-0.39, 0.29) is 17.4 Å². The fourth-order valence-electron chi connectivity index (χ4n) is 3.12. The molecule has 26 heavy (non-hydrogen) atoms. The van der Waals surface area contributed by atoms with Crippen LogP contribution in [-0.4, -0.2) is 31.5 Å². The number of carbonyl (C=O) groups excluding carboxylic acids is 1. The van der Waals surface area contributed by atoms with E-state index in [2.05, 4.69) is 6.58 Å². The highest BCUT2D eigenvalue weighted by atomic mass is 32.2. The van der Waals surface area contributed by atoms with Gasteiger partial charge in [-0.3, -0.25) is 0 Å². The molecule has 5 nitrogen and oxygen atoms in total. The van der Waals surface area contributed by atoms with Gasteiger partial charge in [0.15, 0.2) is 0 Å². The molecule has 1 aliphatic heterocycles. The van der Waals surface area contributed by atoms with Crippen molar-refractivity contribution in [3.63, 3.8) is 0 Å². The molecule has 1 fully saturated rings. The monoisotopic (exact) mass is 371 g/mol. The molecule has 0 aromatic heterocycles. The van der Waals surface area contributed by atoms with E-state index in [1.165, 1.54) is 18.2 Å². The van der Waals surface area contributed by atoms with Crippen molar-refractivity contribution < 1.29 is 17.9 Å². The lowest BCUT2D eigenvalue weighted by Crippen LogP contribution is -2.53. The molecule has 2 aromatic rings. The summed E-state index contributed by atoms with van der Waals surface area (Å²) in [7, 11) is -4.03. The first-order valence-corrected chi connectivity index (χ1v) is 9.82. The van der Waals surface area contributed by atoms with Crippen LogP contribution >= 0.6 is 0 Å². The lowest BCUT2D eigenvalue weighted by Gasteiger charge is -2.38. The number of hydrogen-bond donors (Lipinski definition) is 0. The normalized spacial score (nSPS) is 20.5. The number of hydrogen-bond acceptors (Lipinski definition) is 4. The van der Waals surface area contributed by atoms with Crippen LogP contribution in [0.3, 0.4) is 0 Å². The summed E-state index contributed by atoms with van der Waals surface area (Å²) in [6.07, 6.45) is 1.24. The topological polar surface area (TPSA) is 63.7 Å². The second-order valence-corrected chi connectivity index (χ2v) is 8.18. The summed E-state index contributed by atoms with van der Waals surface area (Å²) in [5.41, 5.74) is 1.99. The molecule has 6 heteroatoms. The minimum atomic E-state index is -4.03. The molecule has 2 aromatic carbocycles. The number of nitrogens with zero attached hydrogens (tertiary/aromatic N) is 1. The molecule has 1 saturated heterocycles. The van der Waals surface area contributed by atoms with Crippen LogP contribution in [-0.2, 0) is 21.2 Å². The van der Waals surface area contributed by atoms with Gasteiger partial charge in [-0.1, -0.05) is 54.1 Å². The van der Waals surface area contributed by atoms with Gasteiger partial charge in [0.25, 0.3) is 10.0 Å². The minimum Gasteiger partial charge on any atom is -0.448 e. The molecule has 0 radical (unpaired) electrons. The third-order valence-corrected chi connectivity index (χ3v) is 6.29. The van der Waals surface area contributed by atoms with Gasteiger partial charge >= 0.3 is 6.09 Å². The number of sulfonamides is 1. The maximum Gasteiger partial charge on any atom is 0.424 e. The second kappa shape index (κ2) is 7.33. The molecule has 1 heterocycles. The Morgan fingerprint density at radius 3 is 2.42 bits per heavy atom. The Hall–Kier alpha value is -2.60. The Balaban J connectivity index is 1.94. The summed E-state index contributed by atoms with van der Waals surface area (Å²) in [5.74, 6) is -0.201. The number of amides is 1. The Morgan fingerprint density at radius 2 is 1.81 bits per heavy atom. The zero-order valence-corrected chi connectivity index (χ0v) is 15.4. The van der Waals surface area contributed by atoms with E-state index in [0.717, 1.165) is 15.4 Å². The summed E-state index contributed by atoms with van der Waals surface area (Å²) in [6, 6.07) is 15.4. The minimum absolute atomic E-state index is 0.0623. The van der Waals surface area contributed by atoms with Crippen molar-refractivity contribution in [2.45, 2.75) is 24.3 Å². The molecule has 0 spiro atoms. The van der Waals surface area contributed by atoms with Crippen molar-refractivity contribution in [3.8, 4) is 0 Å². The van der Waals surface area contributed by atoms with E-state index in [4.69, 9.17) is 4.74 Å². The summed E-state index contributed by atoms with van der Waals surface area (Å²) in [4.78, 5) is 12.4. The summed E-state index contributed by atoms with van der Waals surface area (Å²) in [5, 5.41) is 0. The van der Waals surface area contributed by atoms with Gasteiger partial charge in [-0.15, -0.1) is 6.58 Å². The molecule has 3 rings (SSSR count). The quantitative estimate of drug-likeness (QED) is 0.754. The second-order valence-electron chi connectivity index (χ2n) is 6.37. The molecule has 1 amide bonds. The zero-order chi connectivity index (χ0) is 18.7. The Labute approximate surface area is 154 Å². The van der Waals surface area contributed by atoms with E-state index in [1.54, 1.807) is 12.1 Å². The summed E-state index contributed by atoms with van der Waals surface area (Å²) < 4.78 is 32.1. The first-order valence-electron chi connectivity index (χ1n) is 8.38. The molecule has 0 bridgehead atoms. The Bertz CT molecular complexity index is 891. The number of rotatable bonds is 5. The molecule has 0 aliphatic carbocycles. The third-order valence-electron chi connectivity index (χ3n) is 4.51. The van der Waals surface area contributed by atoms with Gasteiger partial charge in [-0.05, 0) is 31.0 Å². The largest absolute Gasteiger partial charge is 0.448 e. The van der Waals surface area contributed by atoms with Crippen LogP contribution in [0.4, 0.5) is 4.79 Å². The van der Waals surface area contributed by atoms with Crippen LogP contribution in [0.5, 0.6) is 0 Å². The maximum atomic E-state index is 13.1. The van der Waals surface area contributed by atoms with Crippen LogP contribution < -0.4 is 0 Å². The fraction of sp³-hybridized carbons (Fsp3) is 0.250. The number of cyclic esters (lactones) is 1. The number of carbonyl (C=O) groups is 1. The molecule has 2 atom stereocenters. The van der Waals surface area contributed by atoms with E-state index in [9.17, 15) is 13.2 Å². The Morgan fingerprint density at radius 1 is 1.15 bits per heavy atom. The average Bonchev–Trinajstić information content (AvgIpc) is 2.64. The van der Waals surface area contributed by atoms with Crippen molar-refractivity contribution in [1.29, 1.82) is 0 Å². The van der Waals surface area contributed by atoms with Gasteiger partial charge < -0.3 is 4.74 Å². The smallest absolute Gasteiger partial charge is 0.424 e. The van der Waals surface area contributed by atoms with Gasteiger partial charge in [0.2, 0.25) is 0 Å². The lowest BCUT2D eigenvalue weighted by molar-refractivity contribution is 0.0545. The Kier molecular flexibility index (Phi) is 5.13. The van der Waals surface area contributed by atoms with Gasteiger partial charge in [-0.25, -0.2) is 13.2 Å². The van der Waals surface area contributed by atoms with Gasteiger partial charge in [0.1, 0.15) is 0 Å². The predicted octanol–water partition coefficient (Wildman–Crippen LogP) is 3.55. The summed E-state index contributed by atoms with van der Waals surface area (Å²) in [6.45, 7) is 5.79. The van der Waals surface area contributed by atoms with Crippen LogP contribution in [0.2, 0.25) is 0 Å². The maximum absolute atomic E-state index is 13.1. The molecule has 136 valence electrons. The highest BCUT2D eigenvalue weighted by Gasteiger charge is 2.43. The highest BCUT2D eigenvalue weighted by Crippen LogP contribution is 2.30. The zero-order valence-electron chi connectivity index (χ0n) is 14.5. The molecular formula is C20H21NO4S. The van der Waals surface area contributed by atoms with Crippen molar-refractivity contribution in [2.75, 3.05) is 6.61 Å². The first-order chi connectivity index (χ1) is 12.4. The van der Waals surface area contributed by atoms with Gasteiger partial charge in [-0.2, -0.15) is 4.31 Å². The van der Waals surface area contributed by atoms with E-state index in [0.29, 0.717) is 6.42 Å². The number of ether oxygens (including phenoxy) is 1. The number of aryl methyl sites for hydroxylation is 1. The van der Waals surface area contributed by atoms with Crippen molar-refractivity contribution >= 4 is 16.1 Å². The molecule has 0 N–H and O–H groups in total. The molecular weight excluding hydrogens is 350 g/mol. The third kappa shape index (κ3) is 3.51. The van der Waals surface area contributed by atoms with Crippen molar-refractivity contribution in [3.05, 3.63) is 78.4 Å². The van der Waals surface area contributed by atoms with Crippen molar-refractivity contribution in [1.82, 2.24) is 4.31 Å². The van der Waals surface area contributed by atoms with Crippen molar-refractivity contribution in [2.24, 2.45) is 5.92 Å². The van der Waals surface area contributed by atoms with Gasteiger partial charge in [0, 0.05) is 5.92 Å². The van der Waals surface area contributed by atoms with Crippen LogP contribution in [0, 0.1) is 12.8 Å². The SMILES string of the molecule is C=CC1C(Cc2ccccc2)COC(=O)N1S(=O)(=O)c1ccc(C)cc1. The molecule has 1 aliphatic rings. The molecule has 2 unspecified atom stereocenters. The highest BCUT2D eigenvalue weighted by molar-refractivity contribution is 7.89. The fourth-order valence-corrected chi connectivity index (χ4v) is 4.66. The first kappa shape index (κ1) is 18.2. The predicted molar refractivity (Wildman–Crippen MR) is 99.2 cm³/mol. The lowest BCUT2D eigenvalue weighted by atomic mass is 9.92. The standard InChI is InChI=1S/C20H21NO4S/c1-3-19-17(13-16-7-5-4-6-8-16)14-25-20(22)21(19)26(23,24)18-11-9-15(2)10-12-18/h3-12,17,19H,1,13-14H2,2H3. The average molecular weight is 371 g/mol.